The van der Waals surface area contributed by atoms with Gasteiger partial charge in [-0.3, -0.25) is 9.69 Å². The average molecular weight is 365 g/mol. The minimum Gasteiger partial charge on any atom is -0.450 e. The van der Waals surface area contributed by atoms with Gasteiger partial charge in [0.1, 0.15) is 0 Å². The van der Waals surface area contributed by atoms with Crippen LogP contribution in [-0.4, -0.2) is 61.1 Å². The van der Waals surface area contributed by atoms with Crippen LogP contribution in [0.3, 0.4) is 0 Å². The van der Waals surface area contributed by atoms with Crippen molar-refractivity contribution >= 4 is 23.3 Å². The standard InChI is InChI=1S/C18H27N3O3S/c1-2-24-18(23)21-8-3-4-15(13-21)17(22)19-7-10-20-9-5-16-14(12-20)6-11-25-16/h6,11,15H,2-5,7-10,12-13H2,1H3,(H,19,22). The third-order valence-electron chi connectivity index (χ3n) is 4.93. The first kappa shape index (κ1) is 18.2. The number of likely N-dealkylation sites (tertiary alicyclic amines) is 1. The number of thiophene rings is 1. The van der Waals surface area contributed by atoms with Gasteiger partial charge in [-0.2, -0.15) is 0 Å². The van der Waals surface area contributed by atoms with Gasteiger partial charge in [-0.05, 0) is 43.2 Å². The Hall–Kier alpha value is -1.60. The van der Waals surface area contributed by atoms with Crippen LogP contribution in [0.2, 0.25) is 0 Å². The third kappa shape index (κ3) is 4.73. The highest BCUT2D eigenvalue weighted by atomic mass is 32.1. The Balaban J connectivity index is 1.40. The number of hydrogen-bond donors (Lipinski definition) is 1. The zero-order valence-electron chi connectivity index (χ0n) is 14.8. The molecule has 0 aliphatic carbocycles. The number of carbonyl (C=O) groups excluding carboxylic acids is 2. The van der Waals surface area contributed by atoms with E-state index in [1.807, 2.05) is 11.3 Å². The van der Waals surface area contributed by atoms with E-state index in [-0.39, 0.29) is 17.9 Å². The lowest BCUT2D eigenvalue weighted by atomic mass is 9.97. The van der Waals surface area contributed by atoms with E-state index < -0.39 is 0 Å². The molecule has 1 aromatic heterocycles. The molecule has 25 heavy (non-hydrogen) atoms. The Morgan fingerprint density at radius 1 is 1.40 bits per heavy atom. The van der Waals surface area contributed by atoms with Crippen molar-refractivity contribution in [2.75, 3.05) is 39.3 Å². The molecule has 0 saturated carbocycles. The van der Waals surface area contributed by atoms with Gasteiger partial charge < -0.3 is 15.0 Å². The first-order valence-electron chi connectivity index (χ1n) is 9.14. The molecular weight excluding hydrogens is 338 g/mol. The summed E-state index contributed by atoms with van der Waals surface area (Å²) >= 11 is 1.84. The average Bonchev–Trinajstić information content (AvgIpc) is 3.10. The molecule has 138 valence electrons. The fraction of sp³-hybridized carbons (Fsp3) is 0.667. The quantitative estimate of drug-likeness (QED) is 0.868. The number of rotatable bonds is 5. The molecule has 2 aliphatic rings. The van der Waals surface area contributed by atoms with Crippen LogP contribution in [0.25, 0.3) is 0 Å². The molecule has 1 aromatic rings. The van der Waals surface area contributed by atoms with Crippen LogP contribution >= 0.6 is 11.3 Å². The molecule has 2 aliphatic heterocycles. The summed E-state index contributed by atoms with van der Waals surface area (Å²) in [5.41, 5.74) is 1.43. The summed E-state index contributed by atoms with van der Waals surface area (Å²) in [6, 6.07) is 2.21. The fourth-order valence-electron chi connectivity index (χ4n) is 3.55. The summed E-state index contributed by atoms with van der Waals surface area (Å²) in [6.07, 6.45) is 2.49. The minimum atomic E-state index is -0.306. The van der Waals surface area contributed by atoms with E-state index in [0.29, 0.717) is 26.2 Å². The highest BCUT2D eigenvalue weighted by Gasteiger charge is 2.29. The van der Waals surface area contributed by atoms with Gasteiger partial charge in [-0.1, -0.05) is 0 Å². The van der Waals surface area contributed by atoms with E-state index >= 15 is 0 Å². The molecule has 0 bridgehead atoms. The van der Waals surface area contributed by atoms with Crippen molar-refractivity contribution < 1.29 is 14.3 Å². The maximum absolute atomic E-state index is 12.4. The lowest BCUT2D eigenvalue weighted by Gasteiger charge is -2.31. The van der Waals surface area contributed by atoms with Gasteiger partial charge in [0.2, 0.25) is 5.91 Å². The van der Waals surface area contributed by atoms with Crippen molar-refractivity contribution in [2.45, 2.75) is 32.7 Å². The van der Waals surface area contributed by atoms with Gasteiger partial charge >= 0.3 is 6.09 Å². The van der Waals surface area contributed by atoms with Gasteiger partial charge in [0.05, 0.1) is 12.5 Å². The van der Waals surface area contributed by atoms with Crippen LogP contribution in [0.4, 0.5) is 4.79 Å². The van der Waals surface area contributed by atoms with Crippen LogP contribution in [0.15, 0.2) is 11.4 Å². The Kier molecular flexibility index (Phi) is 6.31. The number of ether oxygens (including phenoxy) is 1. The molecule has 1 saturated heterocycles. The number of nitrogens with zero attached hydrogens (tertiary/aromatic N) is 2. The SMILES string of the molecule is CCOC(=O)N1CCCC(C(=O)NCCN2CCc3sccc3C2)C1. The van der Waals surface area contributed by atoms with E-state index in [0.717, 1.165) is 38.9 Å². The molecule has 1 N–H and O–H groups in total. The number of hydrogen-bond acceptors (Lipinski definition) is 5. The predicted molar refractivity (Wildman–Crippen MR) is 97.6 cm³/mol. The lowest BCUT2D eigenvalue weighted by molar-refractivity contribution is -0.126. The molecule has 1 atom stereocenters. The maximum Gasteiger partial charge on any atom is 0.409 e. The van der Waals surface area contributed by atoms with Gasteiger partial charge in [0, 0.05) is 44.1 Å². The molecule has 0 spiro atoms. The van der Waals surface area contributed by atoms with E-state index in [1.54, 1.807) is 11.8 Å². The van der Waals surface area contributed by atoms with Gasteiger partial charge in [0.25, 0.3) is 0 Å². The minimum absolute atomic E-state index is 0.0576. The molecule has 6 nitrogen and oxygen atoms in total. The highest BCUT2D eigenvalue weighted by molar-refractivity contribution is 7.10. The Morgan fingerprint density at radius 3 is 3.12 bits per heavy atom. The monoisotopic (exact) mass is 365 g/mol. The van der Waals surface area contributed by atoms with Crippen molar-refractivity contribution in [3.63, 3.8) is 0 Å². The van der Waals surface area contributed by atoms with Crippen LogP contribution in [0, 0.1) is 5.92 Å². The Morgan fingerprint density at radius 2 is 2.28 bits per heavy atom. The summed E-state index contributed by atoms with van der Waals surface area (Å²) < 4.78 is 5.04. The van der Waals surface area contributed by atoms with Crippen molar-refractivity contribution in [1.82, 2.24) is 15.1 Å². The fourth-order valence-corrected chi connectivity index (χ4v) is 4.44. The maximum atomic E-state index is 12.4. The first-order valence-corrected chi connectivity index (χ1v) is 10.0. The lowest BCUT2D eigenvalue weighted by Crippen LogP contribution is -2.47. The number of nitrogens with one attached hydrogen (secondary N) is 1. The third-order valence-corrected chi connectivity index (χ3v) is 5.96. The molecule has 0 radical (unpaired) electrons. The zero-order chi connectivity index (χ0) is 17.6. The van der Waals surface area contributed by atoms with E-state index in [9.17, 15) is 9.59 Å². The van der Waals surface area contributed by atoms with Gasteiger partial charge in [-0.15, -0.1) is 11.3 Å². The number of fused-ring (bicyclic) bond motifs is 1. The van der Waals surface area contributed by atoms with Crippen molar-refractivity contribution in [2.24, 2.45) is 5.92 Å². The Bertz CT molecular complexity index is 604. The zero-order valence-corrected chi connectivity index (χ0v) is 15.6. The van der Waals surface area contributed by atoms with Crippen molar-refractivity contribution in [3.05, 3.63) is 21.9 Å². The van der Waals surface area contributed by atoms with Gasteiger partial charge in [0.15, 0.2) is 0 Å². The number of piperidine rings is 1. The summed E-state index contributed by atoms with van der Waals surface area (Å²) in [4.78, 5) is 29.8. The molecular formula is C18H27N3O3S. The largest absolute Gasteiger partial charge is 0.450 e. The molecule has 2 amide bonds. The molecule has 3 heterocycles. The van der Waals surface area contributed by atoms with Crippen molar-refractivity contribution in [3.8, 4) is 0 Å². The molecule has 0 aromatic carbocycles. The molecule has 1 fully saturated rings. The van der Waals surface area contributed by atoms with Crippen molar-refractivity contribution in [1.29, 1.82) is 0 Å². The number of amides is 2. The summed E-state index contributed by atoms with van der Waals surface area (Å²) in [5, 5.41) is 5.21. The highest BCUT2D eigenvalue weighted by Crippen LogP contribution is 2.23. The Labute approximate surface area is 153 Å². The molecule has 7 heteroatoms. The first-order chi connectivity index (χ1) is 12.2. The smallest absolute Gasteiger partial charge is 0.409 e. The van der Waals surface area contributed by atoms with E-state index in [1.165, 1.54) is 10.4 Å². The molecule has 1 unspecified atom stereocenters. The normalized spacial score (nSPS) is 20.8. The van der Waals surface area contributed by atoms with Gasteiger partial charge in [-0.25, -0.2) is 4.79 Å². The second kappa shape index (κ2) is 8.67. The summed E-state index contributed by atoms with van der Waals surface area (Å²) in [7, 11) is 0. The second-order valence-electron chi connectivity index (χ2n) is 6.67. The van der Waals surface area contributed by atoms with E-state index in [4.69, 9.17) is 4.74 Å². The van der Waals surface area contributed by atoms with Crippen LogP contribution in [0.5, 0.6) is 0 Å². The predicted octanol–water partition coefficient (Wildman–Crippen LogP) is 2.09. The van der Waals surface area contributed by atoms with E-state index in [2.05, 4.69) is 21.7 Å². The summed E-state index contributed by atoms with van der Waals surface area (Å²) in [5.74, 6) is -0.0646. The molecule has 3 rings (SSSR count). The van der Waals surface area contributed by atoms with Crippen LogP contribution in [-0.2, 0) is 22.5 Å². The van der Waals surface area contributed by atoms with Crippen LogP contribution < -0.4 is 5.32 Å². The number of carbonyl (C=O) groups is 2. The summed E-state index contributed by atoms with van der Waals surface area (Å²) in [6.45, 7) is 6.88. The topological polar surface area (TPSA) is 61.9 Å². The second-order valence-corrected chi connectivity index (χ2v) is 7.67. The van der Waals surface area contributed by atoms with Crippen LogP contribution in [0.1, 0.15) is 30.2 Å².